The lowest BCUT2D eigenvalue weighted by Crippen LogP contribution is -2.35. The summed E-state index contributed by atoms with van der Waals surface area (Å²) in [6, 6.07) is -0.176. The molecule has 1 aliphatic rings. The molecule has 8 heteroatoms. The summed E-state index contributed by atoms with van der Waals surface area (Å²) in [7, 11) is -1.97. The van der Waals surface area contributed by atoms with Crippen LogP contribution >= 0.6 is 0 Å². The molecule has 0 spiro atoms. The topological polar surface area (TPSA) is 99.2 Å². The fourth-order valence-electron chi connectivity index (χ4n) is 1.60. The Balaban J connectivity index is 2.21. The van der Waals surface area contributed by atoms with Gasteiger partial charge in [0.2, 0.25) is 10.0 Å². The first kappa shape index (κ1) is 11.4. The zero-order valence-electron chi connectivity index (χ0n) is 8.88. The molecule has 0 saturated carbocycles. The van der Waals surface area contributed by atoms with Gasteiger partial charge < -0.3 is 10.5 Å². The van der Waals surface area contributed by atoms with Gasteiger partial charge in [-0.25, -0.2) is 13.1 Å². The summed E-state index contributed by atoms with van der Waals surface area (Å²) in [6.07, 6.45) is 2.06. The zero-order valence-corrected chi connectivity index (χ0v) is 9.70. The number of hydrogen-bond donors (Lipinski definition) is 2. The van der Waals surface area contributed by atoms with E-state index in [9.17, 15) is 8.42 Å². The lowest BCUT2D eigenvalue weighted by Gasteiger charge is -2.09. The number of sulfonamides is 1. The standard InChI is InChI=1S/C8H14N4O3S/c1-12-4-7(8(9)10-12)16(13,14)11-6-2-3-15-5-6/h4,6,11H,2-3,5H2,1H3,(H2,9,10). The fraction of sp³-hybridized carbons (Fsp3) is 0.625. The van der Waals surface area contributed by atoms with Crippen molar-refractivity contribution in [2.45, 2.75) is 17.4 Å². The van der Waals surface area contributed by atoms with E-state index < -0.39 is 10.0 Å². The number of anilines is 1. The highest BCUT2D eigenvalue weighted by Crippen LogP contribution is 2.17. The molecular weight excluding hydrogens is 232 g/mol. The van der Waals surface area contributed by atoms with Crippen LogP contribution < -0.4 is 10.5 Å². The predicted molar refractivity (Wildman–Crippen MR) is 57.2 cm³/mol. The average molecular weight is 246 g/mol. The Kier molecular flexibility index (Phi) is 2.87. The number of hydrogen-bond acceptors (Lipinski definition) is 5. The van der Waals surface area contributed by atoms with Crippen molar-refractivity contribution in [2.75, 3.05) is 18.9 Å². The molecule has 1 fully saturated rings. The second-order valence-electron chi connectivity index (χ2n) is 3.73. The van der Waals surface area contributed by atoms with Gasteiger partial charge in [0, 0.05) is 25.9 Å². The van der Waals surface area contributed by atoms with Gasteiger partial charge in [-0.1, -0.05) is 0 Å². The minimum Gasteiger partial charge on any atom is -0.381 e. The summed E-state index contributed by atoms with van der Waals surface area (Å²) in [5.41, 5.74) is 5.52. The van der Waals surface area contributed by atoms with Gasteiger partial charge in [0.25, 0.3) is 0 Å². The molecule has 0 amide bonds. The van der Waals surface area contributed by atoms with Crippen LogP contribution in [-0.4, -0.2) is 37.5 Å². The number of nitrogens with zero attached hydrogens (tertiary/aromatic N) is 2. The van der Waals surface area contributed by atoms with Crippen molar-refractivity contribution in [2.24, 2.45) is 7.05 Å². The average Bonchev–Trinajstić information content (AvgIpc) is 2.75. The summed E-state index contributed by atoms with van der Waals surface area (Å²) < 4.78 is 32.8. The van der Waals surface area contributed by atoms with Gasteiger partial charge in [0.05, 0.1) is 6.61 Å². The highest BCUT2D eigenvalue weighted by atomic mass is 32.2. The van der Waals surface area contributed by atoms with Crippen LogP contribution in [0.2, 0.25) is 0 Å². The minimum atomic E-state index is -3.59. The van der Waals surface area contributed by atoms with Crippen LogP contribution in [0.15, 0.2) is 11.1 Å². The van der Waals surface area contributed by atoms with Gasteiger partial charge >= 0.3 is 0 Å². The van der Waals surface area contributed by atoms with E-state index in [0.29, 0.717) is 19.6 Å². The Labute approximate surface area is 93.6 Å². The summed E-state index contributed by atoms with van der Waals surface area (Å²) in [4.78, 5) is 0.0156. The van der Waals surface area contributed by atoms with E-state index in [-0.39, 0.29) is 16.8 Å². The van der Waals surface area contributed by atoms with Crippen LogP contribution in [-0.2, 0) is 21.8 Å². The maximum Gasteiger partial charge on any atom is 0.246 e. The molecule has 90 valence electrons. The molecule has 0 aliphatic carbocycles. The fourth-order valence-corrected chi connectivity index (χ4v) is 2.96. The molecule has 3 N–H and O–H groups in total. The minimum absolute atomic E-state index is 0.00825. The van der Waals surface area contributed by atoms with Crippen LogP contribution in [0, 0.1) is 0 Å². The van der Waals surface area contributed by atoms with Gasteiger partial charge in [-0.15, -0.1) is 0 Å². The van der Waals surface area contributed by atoms with Crippen molar-refractivity contribution < 1.29 is 13.2 Å². The Morgan fingerprint density at radius 1 is 1.69 bits per heavy atom. The second-order valence-corrected chi connectivity index (χ2v) is 5.42. The molecule has 2 rings (SSSR count). The first-order valence-corrected chi connectivity index (χ1v) is 6.36. The molecule has 1 unspecified atom stereocenters. The molecule has 0 aromatic carbocycles. The van der Waals surface area contributed by atoms with E-state index in [1.54, 1.807) is 7.05 Å². The second kappa shape index (κ2) is 4.04. The molecule has 2 heterocycles. The van der Waals surface area contributed by atoms with Crippen molar-refractivity contribution >= 4 is 15.8 Å². The molecule has 1 aromatic heterocycles. The molecular formula is C8H14N4O3S. The van der Waals surface area contributed by atoms with E-state index in [4.69, 9.17) is 10.5 Å². The number of nitrogen functional groups attached to an aromatic ring is 1. The van der Waals surface area contributed by atoms with Crippen LogP contribution in [0.5, 0.6) is 0 Å². The van der Waals surface area contributed by atoms with Crippen LogP contribution in [0.3, 0.4) is 0 Å². The zero-order chi connectivity index (χ0) is 11.8. The number of rotatable bonds is 3. The maximum absolute atomic E-state index is 11.9. The molecule has 0 bridgehead atoms. The summed E-state index contributed by atoms with van der Waals surface area (Å²) in [5.74, 6) is 0.00825. The largest absolute Gasteiger partial charge is 0.381 e. The molecule has 1 atom stereocenters. The van der Waals surface area contributed by atoms with Crippen molar-refractivity contribution in [3.8, 4) is 0 Å². The molecule has 1 saturated heterocycles. The maximum atomic E-state index is 11.9. The highest BCUT2D eigenvalue weighted by molar-refractivity contribution is 7.89. The Morgan fingerprint density at radius 3 is 2.94 bits per heavy atom. The van der Waals surface area contributed by atoms with Gasteiger partial charge in [-0.3, -0.25) is 4.68 Å². The Morgan fingerprint density at radius 2 is 2.44 bits per heavy atom. The van der Waals surface area contributed by atoms with Crippen LogP contribution in [0.1, 0.15) is 6.42 Å². The Hall–Kier alpha value is -1.12. The van der Waals surface area contributed by atoms with E-state index >= 15 is 0 Å². The summed E-state index contributed by atoms with van der Waals surface area (Å²) >= 11 is 0. The predicted octanol–water partition coefficient (Wildman–Crippen LogP) is -0.930. The monoisotopic (exact) mass is 246 g/mol. The first-order chi connectivity index (χ1) is 7.49. The third kappa shape index (κ3) is 2.18. The SMILES string of the molecule is Cn1cc(S(=O)(=O)NC2CCOC2)c(N)n1. The number of ether oxygens (including phenoxy) is 1. The van der Waals surface area contributed by atoms with E-state index in [0.717, 1.165) is 0 Å². The summed E-state index contributed by atoms with van der Waals surface area (Å²) in [5, 5.41) is 3.80. The molecule has 7 nitrogen and oxygen atoms in total. The lowest BCUT2D eigenvalue weighted by molar-refractivity contribution is 0.192. The van der Waals surface area contributed by atoms with Gasteiger partial charge in [0.1, 0.15) is 4.90 Å². The van der Waals surface area contributed by atoms with Crippen molar-refractivity contribution in [3.63, 3.8) is 0 Å². The lowest BCUT2D eigenvalue weighted by atomic mass is 10.3. The smallest absolute Gasteiger partial charge is 0.246 e. The molecule has 1 aliphatic heterocycles. The molecule has 16 heavy (non-hydrogen) atoms. The normalized spacial score (nSPS) is 21.4. The molecule has 1 aromatic rings. The Bertz CT molecular complexity index is 475. The van der Waals surface area contributed by atoms with E-state index in [1.807, 2.05) is 0 Å². The quantitative estimate of drug-likeness (QED) is 0.717. The van der Waals surface area contributed by atoms with E-state index in [2.05, 4.69) is 9.82 Å². The first-order valence-electron chi connectivity index (χ1n) is 4.88. The van der Waals surface area contributed by atoms with Gasteiger partial charge in [-0.05, 0) is 6.42 Å². The number of nitrogens with two attached hydrogens (primary N) is 1. The van der Waals surface area contributed by atoms with Crippen molar-refractivity contribution in [1.29, 1.82) is 0 Å². The number of nitrogens with one attached hydrogen (secondary N) is 1. The van der Waals surface area contributed by atoms with Crippen molar-refractivity contribution in [1.82, 2.24) is 14.5 Å². The van der Waals surface area contributed by atoms with E-state index in [1.165, 1.54) is 10.9 Å². The van der Waals surface area contributed by atoms with Gasteiger partial charge in [-0.2, -0.15) is 5.10 Å². The van der Waals surface area contributed by atoms with Crippen LogP contribution in [0.25, 0.3) is 0 Å². The van der Waals surface area contributed by atoms with Crippen LogP contribution in [0.4, 0.5) is 5.82 Å². The summed E-state index contributed by atoms with van der Waals surface area (Å²) in [6.45, 7) is 0.981. The number of aryl methyl sites for hydroxylation is 1. The third-order valence-corrected chi connectivity index (χ3v) is 3.90. The third-order valence-electron chi connectivity index (χ3n) is 2.36. The number of aromatic nitrogens is 2. The van der Waals surface area contributed by atoms with Crippen molar-refractivity contribution in [3.05, 3.63) is 6.20 Å². The van der Waals surface area contributed by atoms with Gasteiger partial charge in [0.15, 0.2) is 5.82 Å². The highest BCUT2D eigenvalue weighted by Gasteiger charge is 2.26. The molecule has 0 radical (unpaired) electrons.